The fourth-order valence-corrected chi connectivity index (χ4v) is 2.33. The number of aryl methyl sites for hydroxylation is 1. The van der Waals surface area contributed by atoms with Crippen LogP contribution in [0, 0.1) is 0 Å². The second-order valence-electron chi connectivity index (χ2n) is 4.36. The molecule has 1 atom stereocenters. The number of rotatable bonds is 5. The molecular formula is C15H18BrNO. The van der Waals surface area contributed by atoms with E-state index in [2.05, 4.69) is 52.4 Å². The van der Waals surface area contributed by atoms with Crippen LogP contribution in [0.25, 0.3) is 0 Å². The molecule has 0 bridgehead atoms. The number of benzene rings is 1. The summed E-state index contributed by atoms with van der Waals surface area (Å²) in [5, 5.41) is 3.29. The van der Waals surface area contributed by atoms with E-state index in [9.17, 15) is 0 Å². The third kappa shape index (κ3) is 3.24. The molecule has 0 amide bonds. The summed E-state index contributed by atoms with van der Waals surface area (Å²) in [5.74, 6) is 0.962. The van der Waals surface area contributed by atoms with Crippen LogP contribution in [0.1, 0.15) is 29.9 Å². The first-order valence-corrected chi connectivity index (χ1v) is 7.02. The molecule has 1 heterocycles. The van der Waals surface area contributed by atoms with Crippen LogP contribution >= 0.6 is 15.9 Å². The van der Waals surface area contributed by atoms with Gasteiger partial charge in [0.2, 0.25) is 0 Å². The molecule has 96 valence electrons. The van der Waals surface area contributed by atoms with Gasteiger partial charge in [-0.3, -0.25) is 0 Å². The zero-order valence-electron chi connectivity index (χ0n) is 10.7. The van der Waals surface area contributed by atoms with Gasteiger partial charge in [-0.25, -0.2) is 0 Å². The van der Waals surface area contributed by atoms with Crippen LogP contribution in [-0.2, 0) is 12.8 Å². The molecule has 3 heteroatoms. The van der Waals surface area contributed by atoms with E-state index in [0.29, 0.717) is 0 Å². The molecule has 0 aliphatic heterocycles. The number of halogens is 1. The van der Waals surface area contributed by atoms with Crippen LogP contribution < -0.4 is 5.32 Å². The number of nitrogens with one attached hydrogen (secondary N) is 1. The Kier molecular flexibility index (Phi) is 4.61. The zero-order valence-corrected chi connectivity index (χ0v) is 12.3. The summed E-state index contributed by atoms with van der Waals surface area (Å²) in [6.45, 7) is 2.17. The van der Waals surface area contributed by atoms with Crippen LogP contribution in [-0.4, -0.2) is 7.05 Å². The Morgan fingerprint density at radius 1 is 1.11 bits per heavy atom. The summed E-state index contributed by atoms with van der Waals surface area (Å²) in [7, 11) is 1.96. The van der Waals surface area contributed by atoms with Crippen molar-refractivity contribution in [3.05, 3.63) is 58.0 Å². The first-order valence-electron chi connectivity index (χ1n) is 6.23. The van der Waals surface area contributed by atoms with Crippen molar-refractivity contribution in [2.75, 3.05) is 7.05 Å². The molecule has 18 heavy (non-hydrogen) atoms. The van der Waals surface area contributed by atoms with Crippen LogP contribution in [0.4, 0.5) is 0 Å². The molecule has 0 spiro atoms. The minimum atomic E-state index is 0.212. The number of hydrogen-bond donors (Lipinski definition) is 1. The Bertz CT molecular complexity index is 489. The third-order valence-electron chi connectivity index (χ3n) is 3.16. The van der Waals surface area contributed by atoms with Crippen molar-refractivity contribution in [2.45, 2.75) is 25.8 Å². The molecule has 0 aliphatic carbocycles. The first kappa shape index (κ1) is 13.4. The van der Waals surface area contributed by atoms with E-state index in [1.165, 1.54) is 11.1 Å². The molecule has 1 aromatic heterocycles. The molecule has 0 radical (unpaired) electrons. The summed E-state index contributed by atoms with van der Waals surface area (Å²) in [5.41, 5.74) is 2.69. The zero-order chi connectivity index (χ0) is 13.0. The molecule has 2 aromatic rings. The van der Waals surface area contributed by atoms with Gasteiger partial charge in [0.1, 0.15) is 5.76 Å². The van der Waals surface area contributed by atoms with Crippen molar-refractivity contribution in [1.82, 2.24) is 5.32 Å². The van der Waals surface area contributed by atoms with Crippen molar-refractivity contribution >= 4 is 15.9 Å². The van der Waals surface area contributed by atoms with Gasteiger partial charge < -0.3 is 9.73 Å². The highest BCUT2D eigenvalue weighted by atomic mass is 79.9. The highest BCUT2D eigenvalue weighted by molar-refractivity contribution is 9.10. The maximum Gasteiger partial charge on any atom is 0.169 e. The number of furan rings is 1. The fourth-order valence-electron chi connectivity index (χ4n) is 2.01. The van der Waals surface area contributed by atoms with Gasteiger partial charge >= 0.3 is 0 Å². The van der Waals surface area contributed by atoms with Crippen LogP contribution in [0.15, 0.2) is 45.5 Å². The Balaban J connectivity index is 2.10. The Morgan fingerprint density at radius 2 is 1.78 bits per heavy atom. The molecule has 0 saturated carbocycles. The predicted octanol–water partition coefficient (Wildman–Crippen LogP) is 4.11. The van der Waals surface area contributed by atoms with Gasteiger partial charge in [-0.15, -0.1) is 0 Å². The van der Waals surface area contributed by atoms with Gasteiger partial charge in [-0.1, -0.05) is 31.2 Å². The van der Waals surface area contributed by atoms with Crippen molar-refractivity contribution in [3.8, 4) is 0 Å². The Hall–Kier alpha value is -1.06. The van der Waals surface area contributed by atoms with E-state index in [1.807, 2.05) is 19.2 Å². The average molecular weight is 308 g/mol. The van der Waals surface area contributed by atoms with E-state index in [0.717, 1.165) is 23.3 Å². The monoisotopic (exact) mass is 307 g/mol. The molecule has 0 fully saturated rings. The van der Waals surface area contributed by atoms with E-state index < -0.39 is 0 Å². The van der Waals surface area contributed by atoms with E-state index in [-0.39, 0.29) is 6.04 Å². The maximum absolute atomic E-state index is 5.61. The van der Waals surface area contributed by atoms with Crippen molar-refractivity contribution in [3.63, 3.8) is 0 Å². The standard InChI is InChI=1S/C15H18BrNO/c1-3-11-4-6-12(7-5-11)10-13(17-2)14-8-9-15(16)18-14/h4-9,13,17H,3,10H2,1-2H3. The number of likely N-dealkylation sites (N-methyl/N-ethyl adjacent to an activating group) is 1. The average Bonchev–Trinajstić information content (AvgIpc) is 2.83. The SMILES string of the molecule is CCc1ccc(CC(NC)c2ccc(Br)o2)cc1. The van der Waals surface area contributed by atoms with Crippen LogP contribution in [0.2, 0.25) is 0 Å². The lowest BCUT2D eigenvalue weighted by Gasteiger charge is -2.13. The summed E-state index contributed by atoms with van der Waals surface area (Å²) >= 11 is 3.34. The van der Waals surface area contributed by atoms with Crippen LogP contribution in [0.5, 0.6) is 0 Å². The molecule has 2 nitrogen and oxygen atoms in total. The minimum absolute atomic E-state index is 0.212. The first-order chi connectivity index (χ1) is 8.72. The van der Waals surface area contributed by atoms with Gasteiger partial charge in [-0.05, 0) is 59.1 Å². The second-order valence-corrected chi connectivity index (χ2v) is 5.14. The van der Waals surface area contributed by atoms with E-state index in [1.54, 1.807) is 0 Å². The number of hydrogen-bond acceptors (Lipinski definition) is 2. The van der Waals surface area contributed by atoms with E-state index in [4.69, 9.17) is 4.42 Å². The smallest absolute Gasteiger partial charge is 0.169 e. The highest BCUT2D eigenvalue weighted by Gasteiger charge is 2.13. The molecule has 1 unspecified atom stereocenters. The van der Waals surface area contributed by atoms with Gasteiger partial charge in [0.15, 0.2) is 4.67 Å². The lowest BCUT2D eigenvalue weighted by Crippen LogP contribution is -2.18. The van der Waals surface area contributed by atoms with Crippen molar-refractivity contribution in [2.24, 2.45) is 0 Å². The fraction of sp³-hybridized carbons (Fsp3) is 0.333. The topological polar surface area (TPSA) is 25.2 Å². The predicted molar refractivity (Wildman–Crippen MR) is 77.7 cm³/mol. The summed E-state index contributed by atoms with van der Waals surface area (Å²) in [4.78, 5) is 0. The van der Waals surface area contributed by atoms with E-state index >= 15 is 0 Å². The van der Waals surface area contributed by atoms with Gasteiger partial charge in [0.05, 0.1) is 6.04 Å². The lowest BCUT2D eigenvalue weighted by atomic mass is 10.0. The Labute approximate surface area is 117 Å². The normalized spacial score (nSPS) is 12.6. The summed E-state index contributed by atoms with van der Waals surface area (Å²) in [6, 6.07) is 12.9. The largest absolute Gasteiger partial charge is 0.453 e. The Morgan fingerprint density at radius 3 is 2.28 bits per heavy atom. The van der Waals surface area contributed by atoms with Crippen molar-refractivity contribution in [1.29, 1.82) is 0 Å². The summed E-state index contributed by atoms with van der Waals surface area (Å²) in [6.07, 6.45) is 2.02. The highest BCUT2D eigenvalue weighted by Crippen LogP contribution is 2.23. The molecule has 0 aliphatic rings. The molecule has 0 saturated heterocycles. The lowest BCUT2D eigenvalue weighted by molar-refractivity contribution is 0.416. The molecule has 1 aromatic carbocycles. The minimum Gasteiger partial charge on any atom is -0.453 e. The van der Waals surface area contributed by atoms with Gasteiger partial charge in [0.25, 0.3) is 0 Å². The van der Waals surface area contributed by atoms with Crippen LogP contribution in [0.3, 0.4) is 0 Å². The summed E-state index contributed by atoms with van der Waals surface area (Å²) < 4.78 is 6.38. The third-order valence-corrected chi connectivity index (χ3v) is 3.58. The van der Waals surface area contributed by atoms with Gasteiger partial charge in [0, 0.05) is 0 Å². The second kappa shape index (κ2) is 6.21. The van der Waals surface area contributed by atoms with Gasteiger partial charge in [-0.2, -0.15) is 0 Å². The van der Waals surface area contributed by atoms with Crippen molar-refractivity contribution < 1.29 is 4.42 Å². The molecular weight excluding hydrogens is 290 g/mol. The molecule has 2 rings (SSSR count). The molecule has 1 N–H and O–H groups in total. The quantitative estimate of drug-likeness (QED) is 0.899. The maximum atomic E-state index is 5.61.